The van der Waals surface area contributed by atoms with Gasteiger partial charge in [0.25, 0.3) is 0 Å². The van der Waals surface area contributed by atoms with Gasteiger partial charge in [-0.05, 0) is 62.2 Å². The lowest BCUT2D eigenvalue weighted by molar-refractivity contribution is 0.151. The molecule has 0 aromatic rings. The minimum absolute atomic E-state index is 0.479. The van der Waals surface area contributed by atoms with Gasteiger partial charge in [-0.1, -0.05) is 44.9 Å². The summed E-state index contributed by atoms with van der Waals surface area (Å²) in [6.07, 6.45) is 17.9. The number of hydrogen-bond donors (Lipinski definition) is 0. The van der Waals surface area contributed by atoms with Gasteiger partial charge in [-0.2, -0.15) is 0 Å². The van der Waals surface area contributed by atoms with Gasteiger partial charge in [-0.25, -0.2) is 0 Å². The first-order valence-corrected chi connectivity index (χ1v) is 8.12. The van der Waals surface area contributed by atoms with Crippen LogP contribution in [0.15, 0.2) is 0 Å². The average molecular weight is 233 g/mol. The Balaban J connectivity index is 1.56. The molecule has 3 rings (SSSR count). The summed E-state index contributed by atoms with van der Waals surface area (Å²) >= 11 is 0. The molecule has 0 amide bonds. The van der Waals surface area contributed by atoms with Crippen LogP contribution >= 0.6 is 0 Å². The van der Waals surface area contributed by atoms with Gasteiger partial charge in [0.1, 0.15) is 0 Å². The Bertz CT molecular complexity index is 243. The molecule has 3 aliphatic rings. The minimum Gasteiger partial charge on any atom is -0.0530 e. The van der Waals surface area contributed by atoms with Crippen molar-refractivity contribution in [2.75, 3.05) is 0 Å². The van der Waals surface area contributed by atoms with E-state index >= 15 is 0 Å². The molecule has 1 unspecified atom stereocenters. The molecule has 1 atom stereocenters. The van der Waals surface area contributed by atoms with Crippen LogP contribution in [0.2, 0.25) is 0 Å². The summed E-state index contributed by atoms with van der Waals surface area (Å²) in [5.74, 6) is 3.12. The van der Waals surface area contributed by atoms with Gasteiger partial charge in [0.15, 0.2) is 0 Å². The first-order chi connectivity index (χ1) is 8.26. The summed E-state index contributed by atoms with van der Waals surface area (Å²) in [7, 11) is 0. The maximum atomic E-state index is 4.76. The molecule has 0 aromatic heterocycles. The lowest BCUT2D eigenvalue weighted by Crippen LogP contribution is -2.28. The van der Waals surface area contributed by atoms with E-state index in [1.807, 2.05) is 0 Å². The van der Waals surface area contributed by atoms with E-state index in [0.717, 1.165) is 17.8 Å². The van der Waals surface area contributed by atoms with Gasteiger partial charge in [0, 0.05) is 0 Å². The molecule has 1 radical (unpaired) electrons. The highest BCUT2D eigenvalue weighted by atomic mass is 14.5. The molecule has 97 valence electrons. The molecule has 0 aromatic carbocycles. The molecule has 0 N–H and O–H groups in total. The predicted molar refractivity (Wildman–Crippen MR) is 73.7 cm³/mol. The first-order valence-electron chi connectivity index (χ1n) is 8.12. The van der Waals surface area contributed by atoms with E-state index in [0.29, 0.717) is 5.41 Å². The molecule has 0 saturated heterocycles. The van der Waals surface area contributed by atoms with E-state index in [2.05, 4.69) is 0 Å². The van der Waals surface area contributed by atoms with Crippen LogP contribution in [0, 0.1) is 30.1 Å². The standard InChI is InChI=1S/C17H29/c1-17(13-15-9-10-15,16-7-2-3-8-16)12-11-14-5-4-6-14/h14-16H,1-13H2. The van der Waals surface area contributed by atoms with Crippen molar-refractivity contribution in [3.8, 4) is 0 Å². The van der Waals surface area contributed by atoms with Crippen molar-refractivity contribution in [2.24, 2.45) is 23.2 Å². The molecule has 3 saturated carbocycles. The fourth-order valence-corrected chi connectivity index (χ4v) is 4.18. The van der Waals surface area contributed by atoms with E-state index in [1.54, 1.807) is 0 Å². The number of hydrogen-bond acceptors (Lipinski definition) is 0. The van der Waals surface area contributed by atoms with Gasteiger partial charge < -0.3 is 0 Å². The van der Waals surface area contributed by atoms with E-state index < -0.39 is 0 Å². The smallest absolute Gasteiger partial charge is 0.0266 e. The van der Waals surface area contributed by atoms with Crippen molar-refractivity contribution in [1.29, 1.82) is 0 Å². The van der Waals surface area contributed by atoms with Crippen molar-refractivity contribution < 1.29 is 0 Å². The van der Waals surface area contributed by atoms with E-state index in [-0.39, 0.29) is 0 Å². The van der Waals surface area contributed by atoms with Gasteiger partial charge in [0.2, 0.25) is 0 Å². The summed E-state index contributed by atoms with van der Waals surface area (Å²) in [6.45, 7) is 4.76. The zero-order chi connectivity index (χ0) is 11.7. The lowest BCUT2D eigenvalue weighted by atomic mass is 9.67. The largest absolute Gasteiger partial charge is 0.0530 e. The third kappa shape index (κ3) is 2.88. The summed E-state index contributed by atoms with van der Waals surface area (Å²) in [6, 6.07) is 0. The topological polar surface area (TPSA) is 0 Å². The molecule has 0 nitrogen and oxygen atoms in total. The highest BCUT2D eigenvalue weighted by Gasteiger charge is 2.40. The number of rotatable bonds is 6. The van der Waals surface area contributed by atoms with Crippen LogP contribution in [0.3, 0.4) is 0 Å². The molecule has 3 fully saturated rings. The third-order valence-electron chi connectivity index (χ3n) is 5.89. The lowest BCUT2D eigenvalue weighted by Gasteiger charge is -2.38. The maximum Gasteiger partial charge on any atom is -0.0266 e. The predicted octanol–water partition coefficient (Wildman–Crippen LogP) is 5.38. The summed E-state index contributed by atoms with van der Waals surface area (Å²) in [5.41, 5.74) is 0.479. The molecule has 0 spiro atoms. The Morgan fingerprint density at radius 3 is 2.06 bits per heavy atom. The second-order valence-electron chi connectivity index (χ2n) is 7.33. The fraction of sp³-hybridized carbons (Fsp3) is 0.941. The molecule has 0 heteroatoms. The van der Waals surface area contributed by atoms with Gasteiger partial charge in [-0.15, -0.1) is 0 Å². The molecular weight excluding hydrogens is 204 g/mol. The zero-order valence-corrected chi connectivity index (χ0v) is 11.4. The van der Waals surface area contributed by atoms with E-state index in [9.17, 15) is 0 Å². The zero-order valence-electron chi connectivity index (χ0n) is 11.4. The van der Waals surface area contributed by atoms with Crippen molar-refractivity contribution in [1.82, 2.24) is 0 Å². The normalized spacial score (nSPS) is 30.2. The van der Waals surface area contributed by atoms with E-state index in [4.69, 9.17) is 6.92 Å². The first kappa shape index (κ1) is 12.1. The van der Waals surface area contributed by atoms with Crippen LogP contribution < -0.4 is 0 Å². The van der Waals surface area contributed by atoms with Crippen molar-refractivity contribution in [3.05, 3.63) is 6.92 Å². The SMILES string of the molecule is [CH2]C(CCC1CCC1)(CC1CC1)C1CCCC1. The Hall–Kier alpha value is 0. The Morgan fingerprint density at radius 2 is 1.53 bits per heavy atom. The maximum absolute atomic E-state index is 4.76. The van der Waals surface area contributed by atoms with Crippen LogP contribution in [0.5, 0.6) is 0 Å². The summed E-state index contributed by atoms with van der Waals surface area (Å²) < 4.78 is 0. The van der Waals surface area contributed by atoms with Crippen molar-refractivity contribution >= 4 is 0 Å². The summed E-state index contributed by atoms with van der Waals surface area (Å²) in [4.78, 5) is 0. The minimum atomic E-state index is 0.479. The van der Waals surface area contributed by atoms with Crippen LogP contribution in [-0.2, 0) is 0 Å². The third-order valence-corrected chi connectivity index (χ3v) is 5.89. The summed E-state index contributed by atoms with van der Waals surface area (Å²) in [5, 5.41) is 0. The fourth-order valence-electron chi connectivity index (χ4n) is 4.18. The van der Waals surface area contributed by atoms with Crippen LogP contribution in [0.4, 0.5) is 0 Å². The second kappa shape index (κ2) is 4.94. The monoisotopic (exact) mass is 233 g/mol. The van der Waals surface area contributed by atoms with Crippen LogP contribution in [0.1, 0.15) is 77.0 Å². The molecule has 3 aliphatic carbocycles. The van der Waals surface area contributed by atoms with E-state index in [1.165, 1.54) is 77.0 Å². The van der Waals surface area contributed by atoms with Crippen LogP contribution in [0.25, 0.3) is 0 Å². The van der Waals surface area contributed by atoms with Gasteiger partial charge in [0.05, 0.1) is 0 Å². The highest BCUT2D eigenvalue weighted by Crippen LogP contribution is 2.52. The quantitative estimate of drug-likeness (QED) is 0.578. The Labute approximate surface area is 108 Å². The van der Waals surface area contributed by atoms with Crippen molar-refractivity contribution in [3.63, 3.8) is 0 Å². The highest BCUT2D eigenvalue weighted by molar-refractivity contribution is 4.95. The Kier molecular flexibility index (Phi) is 3.50. The van der Waals surface area contributed by atoms with Gasteiger partial charge in [-0.3, -0.25) is 0 Å². The molecule has 0 heterocycles. The van der Waals surface area contributed by atoms with Gasteiger partial charge >= 0.3 is 0 Å². The molecule has 17 heavy (non-hydrogen) atoms. The van der Waals surface area contributed by atoms with Crippen molar-refractivity contribution in [2.45, 2.75) is 77.0 Å². The van der Waals surface area contributed by atoms with Crippen LogP contribution in [-0.4, -0.2) is 0 Å². The Morgan fingerprint density at radius 1 is 0.824 bits per heavy atom. The average Bonchev–Trinajstić information content (AvgIpc) is 2.87. The molecule has 0 aliphatic heterocycles. The molecular formula is C17H29. The second-order valence-corrected chi connectivity index (χ2v) is 7.33. The molecule has 0 bridgehead atoms.